The minimum Gasteiger partial charge on any atom is -0.493 e. The standard InChI is InChI=1S/C24H33N3O4S/c1-10-11-20(18(4)29-9)31-21-22(25-19(5)26-23(21)30-15-14-28)27-32-17(3)13-12-16(2)24(6,7)8/h10-13,28H,1-4,14-15H2,5-9H3,(H,25,26,27)/b13-12-,20-11+. The van der Waals surface area contributed by atoms with Crippen LogP contribution < -0.4 is 14.2 Å². The summed E-state index contributed by atoms with van der Waals surface area (Å²) in [6.45, 7) is 23.5. The summed E-state index contributed by atoms with van der Waals surface area (Å²) in [4.78, 5) is 9.46. The van der Waals surface area contributed by atoms with E-state index in [4.69, 9.17) is 14.2 Å². The van der Waals surface area contributed by atoms with Crippen LogP contribution in [0.15, 0.2) is 72.6 Å². The van der Waals surface area contributed by atoms with Crippen molar-refractivity contribution in [3.8, 4) is 11.6 Å². The van der Waals surface area contributed by atoms with Gasteiger partial charge in [0.05, 0.1) is 13.7 Å². The van der Waals surface area contributed by atoms with Gasteiger partial charge in [-0.25, -0.2) is 4.98 Å². The number of aryl methyl sites for hydroxylation is 1. The van der Waals surface area contributed by atoms with Crippen LogP contribution in [-0.4, -0.2) is 35.4 Å². The molecule has 0 aliphatic rings. The fourth-order valence-electron chi connectivity index (χ4n) is 2.03. The van der Waals surface area contributed by atoms with Crippen molar-refractivity contribution in [2.45, 2.75) is 27.7 Å². The molecule has 0 fully saturated rings. The van der Waals surface area contributed by atoms with E-state index < -0.39 is 0 Å². The number of ether oxygens (including phenoxy) is 3. The molecule has 0 aliphatic heterocycles. The van der Waals surface area contributed by atoms with Crippen molar-refractivity contribution in [3.05, 3.63) is 78.4 Å². The normalized spacial score (nSPS) is 11.8. The Kier molecular flexibility index (Phi) is 10.8. The summed E-state index contributed by atoms with van der Waals surface area (Å²) in [5.41, 5.74) is 0.953. The summed E-state index contributed by atoms with van der Waals surface area (Å²) < 4.78 is 19.9. The zero-order chi connectivity index (χ0) is 24.3. The summed E-state index contributed by atoms with van der Waals surface area (Å²) in [5, 5.41) is 9.17. The van der Waals surface area contributed by atoms with E-state index in [1.165, 1.54) is 19.1 Å². The Morgan fingerprint density at radius 3 is 2.44 bits per heavy atom. The third-order valence-corrected chi connectivity index (χ3v) is 4.69. The van der Waals surface area contributed by atoms with E-state index in [0.29, 0.717) is 17.4 Å². The number of anilines is 1. The first-order valence-electron chi connectivity index (χ1n) is 9.88. The molecule has 2 N–H and O–H groups in total. The molecule has 0 saturated heterocycles. The van der Waals surface area contributed by atoms with E-state index >= 15 is 0 Å². The van der Waals surface area contributed by atoms with E-state index in [9.17, 15) is 5.11 Å². The molecule has 32 heavy (non-hydrogen) atoms. The third-order valence-electron chi connectivity index (χ3n) is 3.99. The Labute approximate surface area is 195 Å². The van der Waals surface area contributed by atoms with Crippen molar-refractivity contribution in [2.75, 3.05) is 25.0 Å². The van der Waals surface area contributed by atoms with Crippen molar-refractivity contribution >= 4 is 17.8 Å². The molecule has 0 saturated carbocycles. The third kappa shape index (κ3) is 8.64. The number of nitrogens with zero attached hydrogens (tertiary/aromatic N) is 2. The maximum atomic E-state index is 9.17. The molecule has 1 heterocycles. The zero-order valence-corrected chi connectivity index (χ0v) is 20.3. The van der Waals surface area contributed by atoms with Crippen molar-refractivity contribution in [1.29, 1.82) is 0 Å². The minimum absolute atomic E-state index is 0.0315. The van der Waals surface area contributed by atoms with Crippen molar-refractivity contribution in [2.24, 2.45) is 5.41 Å². The fraction of sp³-hybridized carbons (Fsp3) is 0.333. The molecule has 174 valence electrons. The number of aliphatic hydroxyl groups excluding tert-OH is 1. The Hall–Kier alpha value is -2.97. The number of rotatable bonds is 13. The SMILES string of the molecule is C=C/C=C(/Oc1c(NSC(=C)/C=C\C(=C)C(C)(C)C)nc(C)nc1OCCO)C(=C)OC. The Balaban J connectivity index is 3.22. The van der Waals surface area contributed by atoms with Crippen molar-refractivity contribution in [3.63, 3.8) is 0 Å². The van der Waals surface area contributed by atoms with Gasteiger partial charge in [-0.1, -0.05) is 59.2 Å². The number of hydrogen-bond donors (Lipinski definition) is 2. The van der Waals surface area contributed by atoms with Crippen LogP contribution in [0.3, 0.4) is 0 Å². The van der Waals surface area contributed by atoms with Gasteiger partial charge in [0.15, 0.2) is 17.3 Å². The van der Waals surface area contributed by atoms with Crippen LogP contribution in [0.25, 0.3) is 0 Å². The van der Waals surface area contributed by atoms with Crippen molar-refractivity contribution < 1.29 is 19.3 Å². The minimum atomic E-state index is -0.181. The molecule has 8 heteroatoms. The highest BCUT2D eigenvalue weighted by molar-refractivity contribution is 8.04. The topological polar surface area (TPSA) is 85.7 Å². The molecule has 0 amide bonds. The van der Waals surface area contributed by atoms with E-state index in [2.05, 4.69) is 61.8 Å². The summed E-state index contributed by atoms with van der Waals surface area (Å²) in [6, 6.07) is 0. The number of hydrogen-bond acceptors (Lipinski definition) is 8. The predicted octanol–water partition coefficient (Wildman–Crippen LogP) is 5.50. The Morgan fingerprint density at radius 2 is 1.88 bits per heavy atom. The smallest absolute Gasteiger partial charge is 0.263 e. The Bertz CT molecular complexity index is 915. The molecule has 0 atom stereocenters. The first-order chi connectivity index (χ1) is 15.0. The lowest BCUT2D eigenvalue weighted by atomic mass is 9.87. The molecule has 1 aromatic heterocycles. The molecule has 7 nitrogen and oxygen atoms in total. The lowest BCUT2D eigenvalue weighted by molar-refractivity contribution is 0.190. The van der Waals surface area contributed by atoms with Gasteiger partial charge in [0.25, 0.3) is 5.88 Å². The average molecular weight is 460 g/mol. The van der Waals surface area contributed by atoms with Crippen LogP contribution in [0.4, 0.5) is 5.82 Å². The van der Waals surface area contributed by atoms with Gasteiger partial charge in [0.2, 0.25) is 5.75 Å². The summed E-state index contributed by atoms with van der Waals surface area (Å²) in [5.74, 6) is 1.77. The van der Waals surface area contributed by atoms with Gasteiger partial charge in [0, 0.05) is 4.91 Å². The first kappa shape index (κ1) is 27.1. The molecule has 0 unspecified atom stereocenters. The second-order valence-corrected chi connectivity index (χ2v) is 8.53. The average Bonchev–Trinajstić information content (AvgIpc) is 2.74. The van der Waals surface area contributed by atoms with Gasteiger partial charge in [-0.05, 0) is 42.0 Å². The largest absolute Gasteiger partial charge is 0.493 e. The molecule has 1 rings (SSSR count). The molecule has 0 aliphatic carbocycles. The van der Waals surface area contributed by atoms with Crippen LogP contribution >= 0.6 is 11.9 Å². The first-order valence-corrected chi connectivity index (χ1v) is 10.7. The van der Waals surface area contributed by atoms with Gasteiger partial charge < -0.3 is 24.0 Å². The van der Waals surface area contributed by atoms with Crippen LogP contribution in [0.2, 0.25) is 0 Å². The summed E-state index contributed by atoms with van der Waals surface area (Å²) in [7, 11) is 1.48. The Morgan fingerprint density at radius 1 is 1.19 bits per heavy atom. The number of allylic oxidation sites excluding steroid dienone is 5. The van der Waals surface area contributed by atoms with Gasteiger partial charge >= 0.3 is 0 Å². The van der Waals surface area contributed by atoms with Crippen molar-refractivity contribution in [1.82, 2.24) is 9.97 Å². The fourth-order valence-corrected chi connectivity index (χ4v) is 2.53. The summed E-state index contributed by atoms with van der Waals surface area (Å²) >= 11 is 1.25. The molecule has 0 aromatic carbocycles. The number of nitrogens with one attached hydrogen (secondary N) is 1. The monoisotopic (exact) mass is 459 g/mol. The van der Waals surface area contributed by atoms with Gasteiger partial charge in [0.1, 0.15) is 12.4 Å². The maximum Gasteiger partial charge on any atom is 0.263 e. The van der Waals surface area contributed by atoms with E-state index in [0.717, 1.165) is 10.5 Å². The molecule has 0 bridgehead atoms. The lowest BCUT2D eigenvalue weighted by Crippen LogP contribution is -2.10. The maximum absolute atomic E-state index is 9.17. The predicted molar refractivity (Wildman–Crippen MR) is 132 cm³/mol. The molecular weight excluding hydrogens is 426 g/mol. The highest BCUT2D eigenvalue weighted by atomic mass is 32.2. The van der Waals surface area contributed by atoms with Crippen LogP contribution in [0.5, 0.6) is 11.6 Å². The highest BCUT2D eigenvalue weighted by Gasteiger charge is 2.20. The zero-order valence-electron chi connectivity index (χ0n) is 19.5. The van der Waals surface area contributed by atoms with Gasteiger partial charge in [-0.15, -0.1) is 0 Å². The highest BCUT2D eigenvalue weighted by Crippen LogP contribution is 2.37. The van der Waals surface area contributed by atoms with E-state index in [-0.39, 0.29) is 36.0 Å². The lowest BCUT2D eigenvalue weighted by Gasteiger charge is -2.19. The number of aliphatic hydroxyl groups is 1. The number of aromatic nitrogens is 2. The van der Waals surface area contributed by atoms with Crippen LogP contribution in [0.1, 0.15) is 26.6 Å². The van der Waals surface area contributed by atoms with Gasteiger partial charge in [-0.3, -0.25) is 0 Å². The number of methoxy groups -OCH3 is 1. The van der Waals surface area contributed by atoms with E-state index in [1.54, 1.807) is 19.1 Å². The molecule has 1 aromatic rings. The molecular formula is C24H33N3O4S. The van der Waals surface area contributed by atoms with Crippen LogP contribution in [0, 0.1) is 12.3 Å². The van der Waals surface area contributed by atoms with E-state index in [1.807, 2.05) is 12.2 Å². The van der Waals surface area contributed by atoms with Crippen LogP contribution in [-0.2, 0) is 4.74 Å². The second-order valence-electron chi connectivity index (χ2n) is 7.60. The second kappa shape index (κ2) is 12.8. The quantitative estimate of drug-likeness (QED) is 0.227. The van der Waals surface area contributed by atoms with Gasteiger partial charge in [-0.2, -0.15) is 4.98 Å². The summed E-state index contributed by atoms with van der Waals surface area (Å²) in [6.07, 6.45) is 6.94. The molecule has 0 spiro atoms. The molecule has 0 radical (unpaired) electrons.